The third-order valence-corrected chi connectivity index (χ3v) is 6.15. The predicted molar refractivity (Wildman–Crippen MR) is 132 cm³/mol. The van der Waals surface area contributed by atoms with Crippen molar-refractivity contribution in [1.82, 2.24) is 40.4 Å². The summed E-state index contributed by atoms with van der Waals surface area (Å²) in [7, 11) is 0. The van der Waals surface area contributed by atoms with Gasteiger partial charge in [0.15, 0.2) is 5.82 Å². The van der Waals surface area contributed by atoms with Gasteiger partial charge in [0.1, 0.15) is 11.3 Å². The normalized spacial score (nSPS) is 11.6. The Kier molecular flexibility index (Phi) is 5.88. The molecule has 0 saturated heterocycles. The Labute approximate surface area is 198 Å². The van der Waals surface area contributed by atoms with Gasteiger partial charge in [-0.2, -0.15) is 10.2 Å². The van der Waals surface area contributed by atoms with Crippen molar-refractivity contribution in [3.63, 3.8) is 0 Å². The fourth-order valence-electron chi connectivity index (χ4n) is 4.44. The molecule has 8 nitrogen and oxygen atoms in total. The molecule has 0 saturated carbocycles. The van der Waals surface area contributed by atoms with Crippen LogP contribution in [0.2, 0.25) is 0 Å². The molecule has 3 aromatic heterocycles. The van der Waals surface area contributed by atoms with Crippen LogP contribution in [-0.2, 0) is 19.4 Å². The van der Waals surface area contributed by atoms with Crippen LogP contribution in [0.15, 0.2) is 48.5 Å². The van der Waals surface area contributed by atoms with Crippen LogP contribution in [0.4, 0.5) is 0 Å². The van der Waals surface area contributed by atoms with Gasteiger partial charge in [-0.05, 0) is 40.0 Å². The molecule has 0 aliphatic heterocycles. The van der Waals surface area contributed by atoms with Gasteiger partial charge < -0.3 is 4.57 Å². The summed E-state index contributed by atoms with van der Waals surface area (Å²) < 4.78 is 2.33. The number of tetrazole rings is 1. The average Bonchev–Trinajstić information content (AvgIpc) is 3.53. The lowest BCUT2D eigenvalue weighted by molar-refractivity contribution is 0.680. The Balaban J connectivity index is 1.55. The van der Waals surface area contributed by atoms with Crippen molar-refractivity contribution in [3.8, 4) is 22.5 Å². The molecule has 1 N–H and O–H groups in total. The minimum atomic E-state index is 0.295. The number of nitrogens with one attached hydrogen (secondary N) is 1. The summed E-state index contributed by atoms with van der Waals surface area (Å²) >= 11 is 0. The van der Waals surface area contributed by atoms with Gasteiger partial charge in [-0.1, -0.05) is 76.2 Å². The molecule has 0 unspecified atom stereocenters. The summed E-state index contributed by atoms with van der Waals surface area (Å²) in [6.45, 7) is 9.34. The third-order valence-electron chi connectivity index (χ3n) is 6.15. The molecule has 8 heteroatoms. The fourth-order valence-corrected chi connectivity index (χ4v) is 4.44. The molecule has 5 aromatic rings. The van der Waals surface area contributed by atoms with Crippen LogP contribution in [-0.4, -0.2) is 40.4 Å². The second kappa shape index (κ2) is 9.13. The van der Waals surface area contributed by atoms with Crippen LogP contribution in [0.1, 0.15) is 56.4 Å². The summed E-state index contributed by atoms with van der Waals surface area (Å²) in [6.07, 6.45) is 1.64. The first-order valence-electron chi connectivity index (χ1n) is 11.8. The first-order valence-corrected chi connectivity index (χ1v) is 11.8. The number of nitrogens with zero attached hydrogens (tertiary/aromatic N) is 7. The number of aromatic amines is 1. The lowest BCUT2D eigenvalue weighted by Gasteiger charge is -2.14. The number of aromatic nitrogens is 8. The lowest BCUT2D eigenvalue weighted by Crippen LogP contribution is -2.09. The van der Waals surface area contributed by atoms with E-state index in [9.17, 15) is 0 Å². The number of H-pyrrole nitrogens is 1. The zero-order valence-electron chi connectivity index (χ0n) is 19.9. The average molecular weight is 453 g/mol. The maximum atomic E-state index is 5.03. The van der Waals surface area contributed by atoms with E-state index >= 15 is 0 Å². The van der Waals surface area contributed by atoms with Gasteiger partial charge >= 0.3 is 0 Å². The molecule has 0 bridgehead atoms. The van der Waals surface area contributed by atoms with Crippen molar-refractivity contribution in [1.29, 1.82) is 0 Å². The summed E-state index contributed by atoms with van der Waals surface area (Å²) in [6, 6.07) is 16.8. The minimum Gasteiger partial charge on any atom is -0.322 e. The van der Waals surface area contributed by atoms with Crippen molar-refractivity contribution in [2.75, 3.05) is 0 Å². The quantitative estimate of drug-likeness (QED) is 0.374. The summed E-state index contributed by atoms with van der Waals surface area (Å²) in [5.74, 6) is 2.02. The van der Waals surface area contributed by atoms with Crippen LogP contribution < -0.4 is 0 Å². The molecule has 0 aliphatic rings. The number of benzene rings is 2. The molecule has 0 aliphatic carbocycles. The van der Waals surface area contributed by atoms with Gasteiger partial charge in [0.25, 0.3) is 0 Å². The number of rotatable bonds is 7. The third kappa shape index (κ3) is 3.85. The van der Waals surface area contributed by atoms with E-state index in [4.69, 9.17) is 4.98 Å². The Bertz CT molecular complexity index is 1420. The SMILES string of the molecule is CCc1nnc(CC)c2c1nc(C(C)C)n2Cc1ccc(-c2ccccc2-c2nnn[nH]2)cc1. The van der Waals surface area contributed by atoms with Gasteiger partial charge in [0.2, 0.25) is 0 Å². The van der Waals surface area contributed by atoms with E-state index < -0.39 is 0 Å². The van der Waals surface area contributed by atoms with Gasteiger partial charge in [0.05, 0.1) is 16.9 Å². The van der Waals surface area contributed by atoms with Crippen molar-refractivity contribution in [2.45, 2.75) is 53.0 Å². The monoisotopic (exact) mass is 452 g/mol. The van der Waals surface area contributed by atoms with Crippen LogP contribution in [0, 0.1) is 0 Å². The van der Waals surface area contributed by atoms with Gasteiger partial charge in [-0.3, -0.25) is 0 Å². The summed E-state index contributed by atoms with van der Waals surface area (Å²) in [5.41, 5.74) is 8.44. The van der Waals surface area contributed by atoms with E-state index in [0.717, 1.165) is 64.3 Å². The van der Waals surface area contributed by atoms with Crippen LogP contribution >= 0.6 is 0 Å². The Morgan fingerprint density at radius 1 is 0.853 bits per heavy atom. The minimum absolute atomic E-state index is 0.295. The van der Waals surface area contributed by atoms with Crippen LogP contribution in [0.25, 0.3) is 33.5 Å². The van der Waals surface area contributed by atoms with Crippen molar-refractivity contribution in [2.24, 2.45) is 0 Å². The van der Waals surface area contributed by atoms with Gasteiger partial charge in [0, 0.05) is 18.0 Å². The number of fused-ring (bicyclic) bond motifs is 1. The highest BCUT2D eigenvalue weighted by molar-refractivity contribution is 5.81. The molecule has 0 atom stereocenters. The van der Waals surface area contributed by atoms with E-state index in [1.807, 2.05) is 18.2 Å². The summed E-state index contributed by atoms with van der Waals surface area (Å²) in [5, 5.41) is 23.4. The zero-order chi connectivity index (χ0) is 23.7. The molecule has 0 amide bonds. The smallest absolute Gasteiger partial charge is 0.180 e. The number of imidazole rings is 1. The summed E-state index contributed by atoms with van der Waals surface area (Å²) in [4.78, 5) is 5.03. The van der Waals surface area contributed by atoms with E-state index in [1.54, 1.807) is 0 Å². The predicted octanol–water partition coefficient (Wildman–Crippen LogP) is 4.97. The van der Waals surface area contributed by atoms with Gasteiger partial charge in [-0.25, -0.2) is 10.1 Å². The Morgan fingerprint density at radius 3 is 2.21 bits per heavy atom. The molecule has 5 rings (SSSR count). The first-order chi connectivity index (χ1) is 16.6. The molecule has 0 radical (unpaired) electrons. The largest absolute Gasteiger partial charge is 0.322 e. The van der Waals surface area contributed by atoms with E-state index in [0.29, 0.717) is 11.7 Å². The molecule has 34 heavy (non-hydrogen) atoms. The molecule has 0 fully saturated rings. The second-order valence-corrected chi connectivity index (χ2v) is 8.70. The molecule has 3 heterocycles. The Morgan fingerprint density at radius 2 is 1.56 bits per heavy atom. The highest BCUT2D eigenvalue weighted by Crippen LogP contribution is 2.31. The van der Waals surface area contributed by atoms with Crippen molar-refractivity contribution in [3.05, 3.63) is 71.3 Å². The Hall–Kier alpha value is -3.94. The van der Waals surface area contributed by atoms with Gasteiger partial charge in [-0.15, -0.1) is 5.10 Å². The zero-order valence-corrected chi connectivity index (χ0v) is 19.9. The number of aryl methyl sites for hydroxylation is 2. The molecule has 2 aromatic carbocycles. The van der Waals surface area contributed by atoms with E-state index in [2.05, 4.69) is 93.4 Å². The van der Waals surface area contributed by atoms with Crippen LogP contribution in [0.5, 0.6) is 0 Å². The molecule has 172 valence electrons. The standard InChI is InChI=1S/C26H28N8/c1-5-21-23-24(22(6-2)29-28-21)34(26(27-23)16(3)4)15-17-11-13-18(14-12-17)19-9-7-8-10-20(19)25-30-32-33-31-25/h7-14,16H,5-6,15H2,1-4H3,(H,30,31,32,33). The molecule has 0 spiro atoms. The van der Waals surface area contributed by atoms with Crippen molar-refractivity contribution >= 4 is 11.0 Å². The maximum absolute atomic E-state index is 5.03. The van der Waals surface area contributed by atoms with E-state index in [1.165, 1.54) is 5.56 Å². The number of hydrogen-bond donors (Lipinski definition) is 1. The topological polar surface area (TPSA) is 98.1 Å². The fraction of sp³-hybridized carbons (Fsp3) is 0.308. The highest BCUT2D eigenvalue weighted by atomic mass is 15.5. The highest BCUT2D eigenvalue weighted by Gasteiger charge is 2.20. The second-order valence-electron chi connectivity index (χ2n) is 8.70. The van der Waals surface area contributed by atoms with E-state index in [-0.39, 0.29) is 0 Å². The van der Waals surface area contributed by atoms with Crippen molar-refractivity contribution < 1.29 is 0 Å². The first kappa shape index (κ1) is 21.9. The molecular weight excluding hydrogens is 424 g/mol. The molecular formula is C26H28N8. The van der Waals surface area contributed by atoms with Crippen LogP contribution in [0.3, 0.4) is 0 Å². The maximum Gasteiger partial charge on any atom is 0.180 e. The lowest BCUT2D eigenvalue weighted by atomic mass is 9.98. The number of hydrogen-bond acceptors (Lipinski definition) is 6.